The highest BCUT2D eigenvalue weighted by Gasteiger charge is 2.28. The van der Waals surface area contributed by atoms with Crippen LogP contribution in [0.15, 0.2) is 18.2 Å². The molecular weight excluding hydrogens is 215 g/mol. The molecule has 0 aliphatic carbocycles. The Labute approximate surface area is 91.6 Å². The van der Waals surface area contributed by atoms with Gasteiger partial charge >= 0.3 is 5.97 Å². The first-order chi connectivity index (χ1) is 7.70. The van der Waals surface area contributed by atoms with Gasteiger partial charge in [0.1, 0.15) is 24.8 Å². The minimum absolute atomic E-state index is 0.0128. The molecule has 4 nitrogen and oxygen atoms in total. The number of alkyl halides is 1. The normalized spacial score (nSPS) is 17.7. The summed E-state index contributed by atoms with van der Waals surface area (Å²) in [6.07, 6.45) is -0.472. The second-order valence-corrected chi connectivity index (χ2v) is 3.46. The average molecular weight is 226 g/mol. The van der Waals surface area contributed by atoms with Crippen molar-refractivity contribution in [2.45, 2.75) is 12.5 Å². The van der Waals surface area contributed by atoms with Gasteiger partial charge in [0.2, 0.25) is 0 Å². The Morgan fingerprint density at radius 1 is 1.62 bits per heavy atom. The molecule has 1 N–H and O–H groups in total. The summed E-state index contributed by atoms with van der Waals surface area (Å²) < 4.78 is 22.2. The van der Waals surface area contributed by atoms with E-state index >= 15 is 0 Å². The molecule has 1 aromatic carbocycles. The lowest BCUT2D eigenvalue weighted by Crippen LogP contribution is -2.24. The third-order valence-electron chi connectivity index (χ3n) is 2.33. The number of halogens is 1. The highest BCUT2D eigenvalue weighted by molar-refractivity contribution is 5.74. The molecule has 0 saturated heterocycles. The van der Waals surface area contributed by atoms with Crippen LogP contribution in [0, 0.1) is 0 Å². The van der Waals surface area contributed by atoms with Crippen molar-refractivity contribution in [3.05, 3.63) is 23.8 Å². The van der Waals surface area contributed by atoms with Crippen LogP contribution in [0.25, 0.3) is 0 Å². The van der Waals surface area contributed by atoms with Gasteiger partial charge in [-0.2, -0.15) is 0 Å². The predicted molar refractivity (Wildman–Crippen MR) is 53.7 cm³/mol. The number of carbonyl (C=O) groups is 1. The van der Waals surface area contributed by atoms with E-state index in [4.69, 9.17) is 14.6 Å². The summed E-state index contributed by atoms with van der Waals surface area (Å²) in [4.78, 5) is 10.7. The number of benzene rings is 1. The molecule has 0 spiro atoms. The third kappa shape index (κ3) is 2.08. The lowest BCUT2D eigenvalue weighted by atomic mass is 10.1. The van der Waals surface area contributed by atoms with Crippen LogP contribution < -0.4 is 9.47 Å². The summed E-state index contributed by atoms with van der Waals surface area (Å²) >= 11 is 0. The molecule has 1 unspecified atom stereocenters. The molecule has 5 heteroatoms. The van der Waals surface area contributed by atoms with Gasteiger partial charge in [0.15, 0.2) is 6.10 Å². The monoisotopic (exact) mass is 226 g/mol. The summed E-state index contributed by atoms with van der Waals surface area (Å²) in [5.41, 5.74) is 0.833. The van der Waals surface area contributed by atoms with Crippen LogP contribution in [0.2, 0.25) is 0 Å². The molecule has 1 atom stereocenters. The molecule has 0 aromatic heterocycles. The Morgan fingerprint density at radius 2 is 2.44 bits per heavy atom. The van der Waals surface area contributed by atoms with Gasteiger partial charge in [-0.25, -0.2) is 9.18 Å². The van der Waals surface area contributed by atoms with Gasteiger partial charge in [0, 0.05) is 12.5 Å². The van der Waals surface area contributed by atoms with E-state index in [0.717, 1.165) is 5.56 Å². The highest BCUT2D eigenvalue weighted by atomic mass is 19.1. The lowest BCUT2D eigenvalue weighted by molar-refractivity contribution is -0.144. The predicted octanol–water partition coefficient (Wildman–Crippen LogP) is 1.42. The van der Waals surface area contributed by atoms with Gasteiger partial charge < -0.3 is 14.6 Å². The quantitative estimate of drug-likeness (QED) is 0.843. The minimum atomic E-state index is -0.984. The molecule has 0 fully saturated rings. The van der Waals surface area contributed by atoms with Crippen molar-refractivity contribution in [3.63, 3.8) is 0 Å². The average Bonchev–Trinajstić information content (AvgIpc) is 2.69. The number of rotatable bonds is 4. The molecule has 1 aliphatic heterocycles. The zero-order valence-corrected chi connectivity index (χ0v) is 8.48. The van der Waals surface area contributed by atoms with E-state index in [0.29, 0.717) is 17.9 Å². The number of fused-ring (bicyclic) bond motifs is 1. The Balaban J connectivity index is 2.11. The SMILES string of the molecule is O=C(O)C1Cc2ccc(OCCF)cc2O1. The number of ether oxygens (including phenoxy) is 2. The summed E-state index contributed by atoms with van der Waals surface area (Å²) in [7, 11) is 0. The van der Waals surface area contributed by atoms with Crippen LogP contribution in [0.3, 0.4) is 0 Å². The minimum Gasteiger partial charge on any atom is -0.491 e. The fourth-order valence-corrected chi connectivity index (χ4v) is 1.59. The van der Waals surface area contributed by atoms with E-state index in [9.17, 15) is 9.18 Å². The fraction of sp³-hybridized carbons (Fsp3) is 0.364. The summed E-state index contributed by atoms with van der Waals surface area (Å²) in [6, 6.07) is 5.02. The van der Waals surface area contributed by atoms with Gasteiger partial charge in [-0.3, -0.25) is 0 Å². The molecular formula is C11H11FO4. The molecule has 0 amide bonds. The van der Waals surface area contributed by atoms with Crippen molar-refractivity contribution in [2.24, 2.45) is 0 Å². The first kappa shape index (κ1) is 10.7. The maximum atomic E-state index is 11.9. The van der Waals surface area contributed by atoms with Crippen LogP contribution in [-0.2, 0) is 11.2 Å². The first-order valence-electron chi connectivity index (χ1n) is 4.92. The summed E-state index contributed by atoms with van der Waals surface area (Å²) in [5.74, 6) is 0.00798. The fourth-order valence-electron chi connectivity index (χ4n) is 1.59. The van der Waals surface area contributed by atoms with Gasteiger partial charge in [-0.05, 0) is 11.6 Å². The molecule has 1 heterocycles. The third-order valence-corrected chi connectivity index (χ3v) is 2.33. The molecule has 1 aromatic rings. The second kappa shape index (κ2) is 4.38. The van der Waals surface area contributed by atoms with Gasteiger partial charge in [-0.1, -0.05) is 6.07 Å². The number of hydrogen-bond acceptors (Lipinski definition) is 3. The Bertz CT molecular complexity index is 405. The van der Waals surface area contributed by atoms with E-state index < -0.39 is 18.7 Å². The molecule has 86 valence electrons. The molecule has 0 bridgehead atoms. The van der Waals surface area contributed by atoms with E-state index in [1.807, 2.05) is 0 Å². The summed E-state index contributed by atoms with van der Waals surface area (Å²) in [6.45, 7) is -0.573. The highest BCUT2D eigenvalue weighted by Crippen LogP contribution is 2.32. The Hall–Kier alpha value is -1.78. The molecule has 16 heavy (non-hydrogen) atoms. The van der Waals surface area contributed by atoms with E-state index in [2.05, 4.69) is 0 Å². The molecule has 1 aliphatic rings. The van der Waals surface area contributed by atoms with Crippen LogP contribution in [0.5, 0.6) is 11.5 Å². The van der Waals surface area contributed by atoms with E-state index in [1.54, 1.807) is 18.2 Å². The first-order valence-corrected chi connectivity index (χ1v) is 4.92. The van der Waals surface area contributed by atoms with Gasteiger partial charge in [0.05, 0.1) is 0 Å². The number of aliphatic carboxylic acids is 1. The second-order valence-electron chi connectivity index (χ2n) is 3.46. The zero-order chi connectivity index (χ0) is 11.5. The van der Waals surface area contributed by atoms with Crippen LogP contribution >= 0.6 is 0 Å². The number of carboxylic acids is 1. The number of carboxylic acid groups (broad SMARTS) is 1. The maximum absolute atomic E-state index is 11.9. The largest absolute Gasteiger partial charge is 0.491 e. The van der Waals surface area contributed by atoms with Crippen LogP contribution in [0.4, 0.5) is 4.39 Å². The van der Waals surface area contributed by atoms with Crippen molar-refractivity contribution in [1.29, 1.82) is 0 Å². The smallest absolute Gasteiger partial charge is 0.345 e. The molecule has 0 saturated carbocycles. The molecule has 2 rings (SSSR count). The maximum Gasteiger partial charge on any atom is 0.345 e. The standard InChI is InChI=1S/C11H11FO4/c12-3-4-15-8-2-1-7-5-10(11(13)14)16-9(7)6-8/h1-2,6,10H,3-5H2,(H,13,14). The topological polar surface area (TPSA) is 55.8 Å². The Morgan fingerprint density at radius 3 is 3.12 bits per heavy atom. The van der Waals surface area contributed by atoms with E-state index in [-0.39, 0.29) is 6.61 Å². The van der Waals surface area contributed by atoms with Crippen LogP contribution in [-0.4, -0.2) is 30.5 Å². The van der Waals surface area contributed by atoms with E-state index in [1.165, 1.54) is 0 Å². The zero-order valence-electron chi connectivity index (χ0n) is 8.48. The van der Waals surface area contributed by atoms with Crippen molar-refractivity contribution in [1.82, 2.24) is 0 Å². The van der Waals surface area contributed by atoms with Crippen LogP contribution in [0.1, 0.15) is 5.56 Å². The Kier molecular flexibility index (Phi) is 2.94. The van der Waals surface area contributed by atoms with Gasteiger partial charge in [-0.15, -0.1) is 0 Å². The van der Waals surface area contributed by atoms with Crippen molar-refractivity contribution >= 4 is 5.97 Å². The van der Waals surface area contributed by atoms with Crippen molar-refractivity contribution in [2.75, 3.05) is 13.3 Å². The van der Waals surface area contributed by atoms with Gasteiger partial charge in [0.25, 0.3) is 0 Å². The van der Waals surface area contributed by atoms with Crippen molar-refractivity contribution in [3.8, 4) is 11.5 Å². The lowest BCUT2D eigenvalue weighted by Gasteiger charge is -2.06. The number of hydrogen-bond donors (Lipinski definition) is 1. The molecule has 0 radical (unpaired) electrons. The van der Waals surface area contributed by atoms with Crippen molar-refractivity contribution < 1.29 is 23.8 Å². The summed E-state index contributed by atoms with van der Waals surface area (Å²) in [5, 5.41) is 8.79.